The Kier molecular flexibility index (Phi) is 6.93. The molecule has 0 saturated carbocycles. The van der Waals surface area contributed by atoms with E-state index in [1.54, 1.807) is 31.2 Å². The lowest BCUT2D eigenvalue weighted by molar-refractivity contribution is 0.159. The Labute approximate surface area is 177 Å². The highest BCUT2D eigenvalue weighted by Crippen LogP contribution is 2.21. The summed E-state index contributed by atoms with van der Waals surface area (Å²) in [6.45, 7) is 3.44. The van der Waals surface area contributed by atoms with Crippen molar-refractivity contribution in [3.05, 3.63) is 69.6 Å². The van der Waals surface area contributed by atoms with Gasteiger partial charge in [0.05, 0.1) is 24.0 Å². The predicted octanol–water partition coefficient (Wildman–Crippen LogP) is 1.59. The molecule has 2 atom stereocenters. The van der Waals surface area contributed by atoms with Gasteiger partial charge in [-0.2, -0.15) is 16.1 Å². The zero-order valence-electron chi connectivity index (χ0n) is 16.5. The third-order valence-corrected chi connectivity index (χ3v) is 4.78. The molecule has 0 bridgehead atoms. The Hall–Kier alpha value is -3.08. The van der Waals surface area contributed by atoms with Crippen molar-refractivity contribution in [3.63, 3.8) is 0 Å². The van der Waals surface area contributed by atoms with E-state index in [1.165, 1.54) is 28.2 Å². The Morgan fingerprint density at radius 2 is 2.07 bits per heavy atom. The van der Waals surface area contributed by atoms with Crippen molar-refractivity contribution in [2.24, 2.45) is 10.9 Å². The van der Waals surface area contributed by atoms with Gasteiger partial charge in [0.1, 0.15) is 19.2 Å². The molecule has 10 nitrogen and oxygen atoms in total. The fraction of sp³-hybridized carbons (Fsp3) is 0.316. The zero-order chi connectivity index (χ0) is 21.7. The minimum absolute atomic E-state index is 0.0464. The quantitative estimate of drug-likeness (QED) is 0.329. The monoisotopic (exact) mass is 431 g/mol. The van der Waals surface area contributed by atoms with E-state index in [0.717, 1.165) is 5.56 Å². The molecule has 0 fully saturated rings. The molecule has 3 aromatic rings. The van der Waals surface area contributed by atoms with Gasteiger partial charge in [-0.1, -0.05) is 23.7 Å². The molecule has 0 spiro atoms. The van der Waals surface area contributed by atoms with E-state index in [1.807, 2.05) is 6.92 Å². The molecule has 0 radical (unpaired) electrons. The van der Waals surface area contributed by atoms with E-state index in [4.69, 9.17) is 22.3 Å². The number of rotatable bonds is 7. The van der Waals surface area contributed by atoms with Gasteiger partial charge in [-0.25, -0.2) is 19.3 Å². The van der Waals surface area contributed by atoms with Gasteiger partial charge in [-0.15, -0.1) is 0 Å². The van der Waals surface area contributed by atoms with Gasteiger partial charge in [-0.05, 0) is 38.0 Å². The molecule has 1 unspecified atom stereocenters. The van der Waals surface area contributed by atoms with Crippen LogP contribution < -0.4 is 11.5 Å². The molecular weight excluding hydrogens is 410 g/mol. The van der Waals surface area contributed by atoms with Crippen molar-refractivity contribution in [1.82, 2.24) is 24.5 Å². The van der Waals surface area contributed by atoms with Crippen LogP contribution in [0.15, 0.2) is 52.9 Å². The largest absolute Gasteiger partial charge is 0.394 e. The number of aliphatic hydroxyl groups excluding tert-OH is 1. The minimum atomic E-state index is -0.731. The second-order valence-corrected chi connectivity index (χ2v) is 7.19. The first-order chi connectivity index (χ1) is 14.4. The molecule has 2 aromatic heterocycles. The van der Waals surface area contributed by atoms with Crippen molar-refractivity contribution in [2.75, 3.05) is 0 Å². The van der Waals surface area contributed by atoms with Crippen LogP contribution in [0.25, 0.3) is 5.69 Å². The van der Waals surface area contributed by atoms with Gasteiger partial charge in [0.2, 0.25) is 5.90 Å². The highest BCUT2D eigenvalue weighted by molar-refractivity contribution is 6.30. The lowest BCUT2D eigenvalue weighted by Crippen LogP contribution is -2.31. The molecule has 1 aromatic carbocycles. The molecule has 3 rings (SSSR count). The molecule has 11 heteroatoms. The van der Waals surface area contributed by atoms with Crippen molar-refractivity contribution < 1.29 is 9.94 Å². The predicted molar refractivity (Wildman–Crippen MR) is 111 cm³/mol. The van der Waals surface area contributed by atoms with Crippen LogP contribution >= 0.6 is 11.6 Å². The van der Waals surface area contributed by atoms with Crippen LogP contribution in [0.3, 0.4) is 0 Å². The van der Waals surface area contributed by atoms with Gasteiger partial charge in [0.25, 0.3) is 5.56 Å². The SMILES string of the molecule is Cc1c(-n2cncn2)cnn(CC(=NC(C)C[C@H](O)c2ccc(Cl)cc2)ON)c1=O. The number of aliphatic hydroxyl groups is 1. The highest BCUT2D eigenvalue weighted by Gasteiger charge is 2.15. The van der Waals surface area contributed by atoms with E-state index >= 15 is 0 Å². The summed E-state index contributed by atoms with van der Waals surface area (Å²) < 4.78 is 2.66. The summed E-state index contributed by atoms with van der Waals surface area (Å²) in [5.41, 5.74) is 1.37. The maximum absolute atomic E-state index is 12.6. The topological polar surface area (TPSA) is 133 Å². The maximum atomic E-state index is 12.6. The number of nitrogens with two attached hydrogens (primary N) is 1. The lowest BCUT2D eigenvalue weighted by Gasteiger charge is -2.15. The lowest BCUT2D eigenvalue weighted by atomic mass is 10.0. The number of hydrogen-bond acceptors (Lipinski definition) is 8. The van der Waals surface area contributed by atoms with Crippen LogP contribution in [0.2, 0.25) is 5.02 Å². The third kappa shape index (κ3) is 5.09. The Morgan fingerprint density at radius 3 is 2.70 bits per heavy atom. The van der Waals surface area contributed by atoms with E-state index in [-0.39, 0.29) is 24.0 Å². The summed E-state index contributed by atoms with van der Waals surface area (Å²) in [6, 6.07) is 6.62. The number of hydrogen-bond donors (Lipinski definition) is 2. The maximum Gasteiger partial charge on any atom is 0.272 e. The van der Waals surface area contributed by atoms with E-state index in [9.17, 15) is 9.90 Å². The molecular formula is C19H22ClN7O3. The molecule has 30 heavy (non-hydrogen) atoms. The van der Waals surface area contributed by atoms with E-state index < -0.39 is 6.10 Å². The molecule has 0 amide bonds. The van der Waals surface area contributed by atoms with Crippen molar-refractivity contribution in [2.45, 2.75) is 39.0 Å². The summed E-state index contributed by atoms with van der Waals surface area (Å²) in [5.74, 6) is 5.47. The molecule has 158 valence electrons. The van der Waals surface area contributed by atoms with E-state index in [0.29, 0.717) is 22.7 Å². The van der Waals surface area contributed by atoms with Crippen LogP contribution in [-0.2, 0) is 11.4 Å². The van der Waals surface area contributed by atoms with Crippen molar-refractivity contribution >= 4 is 17.5 Å². The summed E-state index contributed by atoms with van der Waals surface area (Å²) in [4.78, 5) is 25.7. The average molecular weight is 432 g/mol. The van der Waals surface area contributed by atoms with Crippen molar-refractivity contribution in [1.29, 1.82) is 0 Å². The number of benzene rings is 1. The molecule has 0 aliphatic heterocycles. The molecule has 0 saturated heterocycles. The van der Waals surface area contributed by atoms with Crippen LogP contribution in [0.4, 0.5) is 0 Å². The fourth-order valence-electron chi connectivity index (χ4n) is 2.93. The summed E-state index contributed by atoms with van der Waals surface area (Å²) in [5, 5.41) is 19.1. The summed E-state index contributed by atoms with van der Waals surface area (Å²) >= 11 is 5.87. The molecule has 3 N–H and O–H groups in total. The standard InChI is InChI=1S/C19H22ClN7O3/c1-12(7-17(28)14-3-5-15(20)6-4-14)25-18(30-21)9-26-19(29)13(2)16(8-23-26)27-11-22-10-24-27/h3-6,8,10-12,17,28H,7,9,21H2,1-2H3/t12?,17-/m0/s1. The Morgan fingerprint density at radius 1 is 1.33 bits per heavy atom. The normalized spacial score (nSPS) is 13.8. The average Bonchev–Trinajstić information content (AvgIpc) is 3.25. The minimum Gasteiger partial charge on any atom is -0.394 e. The highest BCUT2D eigenvalue weighted by atomic mass is 35.5. The third-order valence-electron chi connectivity index (χ3n) is 4.53. The van der Waals surface area contributed by atoms with Gasteiger partial charge >= 0.3 is 0 Å². The zero-order valence-corrected chi connectivity index (χ0v) is 17.3. The first kappa shape index (κ1) is 21.6. The second kappa shape index (κ2) is 9.61. The number of halogens is 1. The van der Waals surface area contributed by atoms with Gasteiger partial charge in [0.15, 0.2) is 0 Å². The summed E-state index contributed by atoms with van der Waals surface area (Å²) in [6.07, 6.45) is 3.97. The van der Waals surface area contributed by atoms with Gasteiger partial charge in [-0.3, -0.25) is 4.79 Å². The fourth-order valence-corrected chi connectivity index (χ4v) is 3.06. The van der Waals surface area contributed by atoms with Crippen molar-refractivity contribution in [3.8, 4) is 5.69 Å². The first-order valence-electron chi connectivity index (χ1n) is 9.17. The second-order valence-electron chi connectivity index (χ2n) is 6.75. The van der Waals surface area contributed by atoms with Gasteiger partial charge < -0.3 is 9.94 Å². The van der Waals surface area contributed by atoms with E-state index in [2.05, 4.69) is 20.2 Å². The number of aliphatic imine (C=N–C) groups is 1. The Balaban J connectivity index is 1.72. The first-order valence-corrected chi connectivity index (χ1v) is 9.55. The van der Waals surface area contributed by atoms with Gasteiger partial charge in [0, 0.05) is 10.6 Å². The molecule has 0 aliphatic rings. The molecule has 0 aliphatic carbocycles. The smallest absolute Gasteiger partial charge is 0.272 e. The number of aromatic nitrogens is 5. The van der Waals surface area contributed by atoms with Crippen LogP contribution in [0.1, 0.15) is 30.6 Å². The molecule has 2 heterocycles. The van der Waals surface area contributed by atoms with Crippen LogP contribution in [0.5, 0.6) is 0 Å². The van der Waals surface area contributed by atoms with Crippen LogP contribution in [0, 0.1) is 6.92 Å². The number of nitrogens with zero attached hydrogens (tertiary/aromatic N) is 6. The summed E-state index contributed by atoms with van der Waals surface area (Å²) in [7, 11) is 0. The van der Waals surface area contributed by atoms with Crippen LogP contribution in [-0.4, -0.2) is 41.6 Å². The Bertz CT molecular complexity index is 1060.